The number of halogens is 1. The Kier molecular flexibility index (Phi) is 6.01. The number of pyridine rings is 1. The smallest absolute Gasteiger partial charge is 0.255 e. The molecule has 1 amide bonds. The minimum absolute atomic E-state index is 0.0400. The normalized spacial score (nSPS) is 16.6. The van der Waals surface area contributed by atoms with Gasteiger partial charge in [-0.3, -0.25) is 9.78 Å². The van der Waals surface area contributed by atoms with Crippen molar-refractivity contribution in [2.24, 2.45) is 0 Å². The molecular weight excluding hydrogens is 426 g/mol. The topological polar surface area (TPSA) is 97.4 Å². The van der Waals surface area contributed by atoms with E-state index in [-0.39, 0.29) is 28.1 Å². The van der Waals surface area contributed by atoms with Crippen molar-refractivity contribution >= 4 is 44.1 Å². The van der Waals surface area contributed by atoms with Crippen LogP contribution in [-0.2, 0) is 14.8 Å². The van der Waals surface area contributed by atoms with E-state index < -0.39 is 15.9 Å². The molecule has 0 saturated carbocycles. The minimum Gasteiger partial charge on any atom is -0.377 e. The summed E-state index contributed by atoms with van der Waals surface area (Å²) < 4.78 is 33.4. The Balaban J connectivity index is 1.56. The number of fused-ring (bicyclic) bond motifs is 1. The summed E-state index contributed by atoms with van der Waals surface area (Å²) in [6, 6.07) is 13.3. The van der Waals surface area contributed by atoms with Crippen molar-refractivity contribution in [1.29, 1.82) is 0 Å². The zero-order valence-electron chi connectivity index (χ0n) is 16.0. The van der Waals surface area contributed by atoms with E-state index in [2.05, 4.69) is 15.0 Å². The summed E-state index contributed by atoms with van der Waals surface area (Å²) in [5.74, 6) is -0.458. The molecule has 0 aliphatic carbocycles. The summed E-state index contributed by atoms with van der Waals surface area (Å²) in [5, 5.41) is 3.72. The average molecular weight is 446 g/mol. The third-order valence-electron chi connectivity index (χ3n) is 4.89. The summed E-state index contributed by atoms with van der Waals surface area (Å²) in [6.07, 6.45) is 3.21. The second-order valence-corrected chi connectivity index (χ2v) is 9.11. The molecule has 1 fully saturated rings. The van der Waals surface area contributed by atoms with Gasteiger partial charge in [0.2, 0.25) is 10.0 Å². The first-order valence-corrected chi connectivity index (χ1v) is 11.4. The van der Waals surface area contributed by atoms with Crippen LogP contribution >= 0.6 is 11.6 Å². The molecule has 0 bridgehead atoms. The Bertz CT molecular complexity index is 1190. The van der Waals surface area contributed by atoms with Crippen LogP contribution in [0.4, 0.5) is 5.69 Å². The molecule has 2 aromatic carbocycles. The summed E-state index contributed by atoms with van der Waals surface area (Å²) in [7, 11) is -3.90. The van der Waals surface area contributed by atoms with Gasteiger partial charge in [-0.1, -0.05) is 29.8 Å². The lowest BCUT2D eigenvalue weighted by Gasteiger charge is -2.13. The SMILES string of the molecule is O=C(Nc1cccc2cccnc12)c1ccc(Cl)c(S(=O)(=O)NC[C@H]2CCCO2)c1. The molecule has 3 aromatic rings. The van der Waals surface area contributed by atoms with Crippen LogP contribution in [0.25, 0.3) is 10.9 Å². The molecule has 1 atom stereocenters. The third kappa shape index (κ3) is 4.46. The first kappa shape index (κ1) is 20.7. The Morgan fingerprint density at radius 1 is 1.20 bits per heavy atom. The number of benzene rings is 2. The number of ether oxygens (including phenoxy) is 1. The third-order valence-corrected chi connectivity index (χ3v) is 6.79. The molecule has 2 heterocycles. The fourth-order valence-electron chi connectivity index (χ4n) is 3.34. The Hall–Kier alpha value is -2.52. The predicted octanol–water partition coefficient (Wildman–Crippen LogP) is 3.60. The predicted molar refractivity (Wildman–Crippen MR) is 115 cm³/mol. The molecule has 1 aromatic heterocycles. The monoisotopic (exact) mass is 445 g/mol. The lowest BCUT2D eigenvalue weighted by atomic mass is 10.1. The highest BCUT2D eigenvalue weighted by Gasteiger charge is 2.23. The zero-order valence-corrected chi connectivity index (χ0v) is 17.5. The van der Waals surface area contributed by atoms with Crippen molar-refractivity contribution in [1.82, 2.24) is 9.71 Å². The molecule has 0 radical (unpaired) electrons. The molecule has 7 nitrogen and oxygen atoms in total. The molecule has 9 heteroatoms. The summed E-state index contributed by atoms with van der Waals surface area (Å²) in [6.45, 7) is 0.794. The van der Waals surface area contributed by atoms with Gasteiger partial charge in [-0.05, 0) is 43.2 Å². The van der Waals surface area contributed by atoms with Crippen LogP contribution in [-0.4, -0.2) is 38.6 Å². The molecule has 0 spiro atoms. The van der Waals surface area contributed by atoms with E-state index in [4.69, 9.17) is 16.3 Å². The van der Waals surface area contributed by atoms with Gasteiger partial charge in [0.05, 0.1) is 22.3 Å². The van der Waals surface area contributed by atoms with E-state index in [9.17, 15) is 13.2 Å². The van der Waals surface area contributed by atoms with E-state index in [0.29, 0.717) is 17.8 Å². The quantitative estimate of drug-likeness (QED) is 0.604. The van der Waals surface area contributed by atoms with Crippen molar-refractivity contribution in [2.75, 3.05) is 18.5 Å². The van der Waals surface area contributed by atoms with E-state index >= 15 is 0 Å². The maximum Gasteiger partial charge on any atom is 0.255 e. The van der Waals surface area contributed by atoms with Gasteiger partial charge < -0.3 is 10.1 Å². The molecule has 156 valence electrons. The van der Waals surface area contributed by atoms with Crippen molar-refractivity contribution < 1.29 is 17.9 Å². The van der Waals surface area contributed by atoms with Crippen LogP contribution in [0.2, 0.25) is 5.02 Å². The lowest BCUT2D eigenvalue weighted by Crippen LogP contribution is -2.32. The summed E-state index contributed by atoms with van der Waals surface area (Å²) in [4.78, 5) is 17.0. The first-order chi connectivity index (χ1) is 14.4. The van der Waals surface area contributed by atoms with E-state index in [1.165, 1.54) is 18.2 Å². The highest BCUT2D eigenvalue weighted by atomic mass is 35.5. The number of nitrogens with one attached hydrogen (secondary N) is 2. The molecule has 0 unspecified atom stereocenters. The second kappa shape index (κ2) is 8.69. The highest BCUT2D eigenvalue weighted by molar-refractivity contribution is 7.89. The van der Waals surface area contributed by atoms with Gasteiger partial charge >= 0.3 is 0 Å². The van der Waals surface area contributed by atoms with Crippen LogP contribution < -0.4 is 10.0 Å². The summed E-state index contributed by atoms with van der Waals surface area (Å²) in [5.41, 5.74) is 1.35. The number of aromatic nitrogens is 1. The average Bonchev–Trinajstić information content (AvgIpc) is 3.26. The minimum atomic E-state index is -3.90. The number of anilines is 1. The van der Waals surface area contributed by atoms with E-state index in [1.54, 1.807) is 12.3 Å². The number of carbonyl (C=O) groups is 1. The van der Waals surface area contributed by atoms with Gasteiger partial charge in [0, 0.05) is 30.3 Å². The number of amides is 1. The van der Waals surface area contributed by atoms with Crippen LogP contribution in [0.3, 0.4) is 0 Å². The largest absolute Gasteiger partial charge is 0.377 e. The van der Waals surface area contributed by atoms with Gasteiger partial charge in [0.25, 0.3) is 5.91 Å². The number of carbonyl (C=O) groups excluding carboxylic acids is 1. The maximum absolute atomic E-state index is 12.8. The van der Waals surface area contributed by atoms with E-state index in [1.807, 2.05) is 24.3 Å². The van der Waals surface area contributed by atoms with Gasteiger partial charge in [-0.2, -0.15) is 0 Å². The van der Waals surface area contributed by atoms with Crippen molar-refractivity contribution in [2.45, 2.75) is 23.8 Å². The molecule has 2 N–H and O–H groups in total. The molecule has 4 rings (SSSR count). The Labute approximate surface area is 179 Å². The van der Waals surface area contributed by atoms with Gasteiger partial charge in [0.15, 0.2) is 0 Å². The molecule has 1 saturated heterocycles. The van der Waals surface area contributed by atoms with Crippen molar-refractivity contribution in [3.8, 4) is 0 Å². The molecule has 30 heavy (non-hydrogen) atoms. The number of para-hydroxylation sites is 1. The summed E-state index contributed by atoms with van der Waals surface area (Å²) >= 11 is 6.13. The maximum atomic E-state index is 12.8. The second-order valence-electron chi connectivity index (χ2n) is 6.97. The van der Waals surface area contributed by atoms with Gasteiger partial charge in [-0.15, -0.1) is 0 Å². The highest BCUT2D eigenvalue weighted by Crippen LogP contribution is 2.25. The van der Waals surface area contributed by atoms with Crippen molar-refractivity contribution in [3.05, 3.63) is 65.3 Å². The number of hydrogen-bond acceptors (Lipinski definition) is 5. The van der Waals surface area contributed by atoms with Crippen molar-refractivity contribution in [3.63, 3.8) is 0 Å². The zero-order chi connectivity index (χ0) is 21.1. The van der Waals surface area contributed by atoms with Crippen LogP contribution in [0.5, 0.6) is 0 Å². The Morgan fingerprint density at radius 3 is 2.83 bits per heavy atom. The van der Waals surface area contributed by atoms with Crippen LogP contribution in [0.1, 0.15) is 23.2 Å². The number of sulfonamides is 1. The van der Waals surface area contributed by atoms with E-state index in [0.717, 1.165) is 18.2 Å². The first-order valence-electron chi connectivity index (χ1n) is 9.50. The number of nitrogens with zero attached hydrogens (tertiary/aromatic N) is 1. The lowest BCUT2D eigenvalue weighted by molar-refractivity contribution is 0.102. The van der Waals surface area contributed by atoms with Crippen LogP contribution in [0, 0.1) is 0 Å². The molecule has 1 aliphatic rings. The van der Waals surface area contributed by atoms with Crippen LogP contribution in [0.15, 0.2) is 59.6 Å². The molecular formula is C21H20ClN3O4S. The fourth-order valence-corrected chi connectivity index (χ4v) is 4.93. The number of rotatable bonds is 6. The number of hydrogen-bond donors (Lipinski definition) is 2. The van der Waals surface area contributed by atoms with Gasteiger partial charge in [-0.25, -0.2) is 13.1 Å². The standard InChI is InChI=1S/C21H20ClN3O4S/c22-17-9-8-15(12-19(17)30(27,28)24-13-16-6-3-11-29-16)21(26)25-18-7-1-4-14-5-2-10-23-20(14)18/h1-2,4-5,7-10,12,16,24H,3,6,11,13H2,(H,25,26)/t16-/m1/s1. The molecule has 1 aliphatic heterocycles. The fraction of sp³-hybridized carbons (Fsp3) is 0.238. The van der Waals surface area contributed by atoms with Gasteiger partial charge in [0.1, 0.15) is 4.90 Å². The Morgan fingerprint density at radius 2 is 2.03 bits per heavy atom.